The summed E-state index contributed by atoms with van der Waals surface area (Å²) in [4.78, 5) is 12.7. The van der Waals surface area contributed by atoms with Gasteiger partial charge in [-0.05, 0) is 23.6 Å². The molecule has 1 N–H and O–H groups in total. The fraction of sp³-hybridized carbons (Fsp3) is 0.0714. The molecule has 0 spiro atoms. The minimum absolute atomic E-state index is 0.152. The van der Waals surface area contributed by atoms with Gasteiger partial charge in [0.25, 0.3) is 5.91 Å². The number of carbonyl (C=O) groups excluding carboxylic acids is 1. The lowest BCUT2D eigenvalue weighted by Gasteiger charge is -2.11. The van der Waals surface area contributed by atoms with E-state index >= 15 is 0 Å². The first kappa shape index (κ1) is 13.3. The second-order valence-corrected chi connectivity index (χ2v) is 5.13. The first-order valence-electron chi connectivity index (χ1n) is 6.16. The first-order chi connectivity index (χ1) is 10.3. The van der Waals surface area contributed by atoms with Crippen molar-refractivity contribution in [3.63, 3.8) is 0 Å². The first-order valence-corrected chi connectivity index (χ1v) is 7.04. The molecule has 106 valence electrons. The summed E-state index contributed by atoms with van der Waals surface area (Å²) in [6.45, 7) is 0. The average molecular weight is 300 g/mol. The molecule has 3 aromatic rings. The smallest absolute Gasteiger partial charge is 0.265 e. The van der Waals surface area contributed by atoms with Crippen LogP contribution in [0.5, 0.6) is 5.75 Å². The summed E-state index contributed by atoms with van der Waals surface area (Å²) in [6.07, 6.45) is 3.19. The third kappa shape index (κ3) is 2.77. The Kier molecular flexibility index (Phi) is 3.65. The van der Waals surface area contributed by atoms with Crippen molar-refractivity contribution in [2.24, 2.45) is 0 Å². The normalized spacial score (nSPS) is 10.3. The van der Waals surface area contributed by atoms with Crippen molar-refractivity contribution < 1.29 is 9.53 Å². The molecule has 1 amide bonds. The van der Waals surface area contributed by atoms with E-state index in [1.54, 1.807) is 36.5 Å². The lowest BCUT2D eigenvalue weighted by molar-refractivity contribution is 0.103. The number of benzene rings is 1. The van der Waals surface area contributed by atoms with Crippen LogP contribution in [0.1, 0.15) is 9.67 Å². The van der Waals surface area contributed by atoms with Crippen LogP contribution < -0.4 is 10.1 Å². The van der Waals surface area contributed by atoms with E-state index in [-0.39, 0.29) is 5.91 Å². The number of hydrogen-bond acceptors (Lipinski definition) is 5. The van der Waals surface area contributed by atoms with E-state index in [1.165, 1.54) is 11.3 Å². The Morgan fingerprint density at radius 1 is 1.29 bits per heavy atom. The third-order valence-corrected chi connectivity index (χ3v) is 3.76. The summed E-state index contributed by atoms with van der Waals surface area (Å²) in [5.74, 6) is 0.423. The molecule has 7 heteroatoms. The minimum Gasteiger partial charge on any atom is -0.494 e. The van der Waals surface area contributed by atoms with E-state index in [1.807, 2.05) is 23.6 Å². The Hall–Kier alpha value is -2.67. The summed E-state index contributed by atoms with van der Waals surface area (Å²) in [5, 5.41) is 12.2. The molecule has 21 heavy (non-hydrogen) atoms. The molecule has 0 atom stereocenters. The van der Waals surface area contributed by atoms with E-state index in [0.717, 1.165) is 5.69 Å². The summed E-state index contributed by atoms with van der Waals surface area (Å²) in [6, 6.07) is 9.08. The van der Waals surface area contributed by atoms with Crippen molar-refractivity contribution in [1.29, 1.82) is 0 Å². The zero-order valence-corrected chi connectivity index (χ0v) is 12.0. The van der Waals surface area contributed by atoms with Crippen LogP contribution in [0.25, 0.3) is 5.69 Å². The van der Waals surface area contributed by atoms with Crippen LogP contribution in [-0.4, -0.2) is 27.8 Å². The van der Waals surface area contributed by atoms with Gasteiger partial charge in [0.05, 0.1) is 23.4 Å². The Bertz CT molecular complexity index is 738. The van der Waals surface area contributed by atoms with E-state index in [9.17, 15) is 4.79 Å². The monoisotopic (exact) mass is 300 g/mol. The SMILES string of the molecule is COc1cc(-n2cnnc2)ccc1NC(=O)c1cccs1. The Morgan fingerprint density at radius 2 is 2.10 bits per heavy atom. The molecule has 0 radical (unpaired) electrons. The number of nitrogens with zero attached hydrogens (tertiary/aromatic N) is 3. The highest BCUT2D eigenvalue weighted by Gasteiger charge is 2.11. The summed E-state index contributed by atoms with van der Waals surface area (Å²) >= 11 is 1.39. The molecular formula is C14H12N4O2S. The van der Waals surface area contributed by atoms with Gasteiger partial charge in [0.2, 0.25) is 0 Å². The Morgan fingerprint density at radius 3 is 2.76 bits per heavy atom. The number of anilines is 1. The molecule has 6 nitrogen and oxygen atoms in total. The van der Waals surface area contributed by atoms with Gasteiger partial charge >= 0.3 is 0 Å². The molecule has 0 saturated carbocycles. The number of ether oxygens (including phenoxy) is 1. The van der Waals surface area contributed by atoms with E-state index < -0.39 is 0 Å². The van der Waals surface area contributed by atoms with Crippen LogP contribution in [0.2, 0.25) is 0 Å². The number of nitrogens with one attached hydrogen (secondary N) is 1. The van der Waals surface area contributed by atoms with Crippen LogP contribution in [0.3, 0.4) is 0 Å². The minimum atomic E-state index is -0.152. The lowest BCUT2D eigenvalue weighted by Crippen LogP contribution is -2.11. The maximum atomic E-state index is 12.1. The van der Waals surface area contributed by atoms with Crippen molar-refractivity contribution >= 4 is 22.9 Å². The fourth-order valence-corrected chi connectivity index (χ4v) is 2.49. The van der Waals surface area contributed by atoms with Crippen LogP contribution in [0, 0.1) is 0 Å². The molecule has 0 aliphatic rings. The number of hydrogen-bond donors (Lipinski definition) is 1. The van der Waals surface area contributed by atoms with E-state index in [4.69, 9.17) is 4.74 Å². The molecule has 2 aromatic heterocycles. The van der Waals surface area contributed by atoms with Gasteiger partial charge < -0.3 is 10.1 Å². The average Bonchev–Trinajstić information content (AvgIpc) is 3.20. The standard InChI is InChI=1S/C14H12N4O2S/c1-20-12-7-10(18-8-15-16-9-18)4-5-11(12)17-14(19)13-3-2-6-21-13/h2-9H,1H3,(H,17,19). The summed E-state index contributed by atoms with van der Waals surface area (Å²) < 4.78 is 7.09. The lowest BCUT2D eigenvalue weighted by atomic mass is 10.2. The second-order valence-electron chi connectivity index (χ2n) is 4.19. The van der Waals surface area contributed by atoms with Crippen molar-refractivity contribution in [3.8, 4) is 11.4 Å². The highest BCUT2D eigenvalue weighted by atomic mass is 32.1. The third-order valence-electron chi connectivity index (χ3n) is 2.90. The molecule has 3 rings (SSSR count). The molecule has 2 heterocycles. The van der Waals surface area contributed by atoms with E-state index in [2.05, 4.69) is 15.5 Å². The fourth-order valence-electron chi connectivity index (χ4n) is 1.87. The number of amides is 1. The number of aromatic nitrogens is 3. The van der Waals surface area contributed by atoms with Crippen molar-refractivity contribution in [2.75, 3.05) is 12.4 Å². The van der Waals surface area contributed by atoms with Gasteiger partial charge in [0.1, 0.15) is 18.4 Å². The predicted molar refractivity (Wildman–Crippen MR) is 80.2 cm³/mol. The van der Waals surface area contributed by atoms with Gasteiger partial charge in [-0.25, -0.2) is 0 Å². The van der Waals surface area contributed by atoms with Crippen LogP contribution >= 0.6 is 11.3 Å². The molecule has 0 saturated heterocycles. The number of carbonyl (C=O) groups is 1. The maximum Gasteiger partial charge on any atom is 0.265 e. The molecule has 0 bridgehead atoms. The van der Waals surface area contributed by atoms with Gasteiger partial charge in [-0.1, -0.05) is 6.07 Å². The van der Waals surface area contributed by atoms with Crippen LogP contribution in [0.15, 0.2) is 48.4 Å². The summed E-state index contributed by atoms with van der Waals surface area (Å²) in [5.41, 5.74) is 1.47. The van der Waals surface area contributed by atoms with Gasteiger partial charge in [-0.3, -0.25) is 9.36 Å². The van der Waals surface area contributed by atoms with E-state index in [0.29, 0.717) is 16.3 Å². The van der Waals surface area contributed by atoms with Gasteiger partial charge in [-0.2, -0.15) is 0 Å². The number of methoxy groups -OCH3 is 1. The Balaban J connectivity index is 1.87. The van der Waals surface area contributed by atoms with Crippen molar-refractivity contribution in [1.82, 2.24) is 14.8 Å². The van der Waals surface area contributed by atoms with Gasteiger partial charge in [0, 0.05) is 6.07 Å². The molecule has 0 fully saturated rings. The number of rotatable bonds is 4. The van der Waals surface area contributed by atoms with Gasteiger partial charge in [-0.15, -0.1) is 21.5 Å². The number of thiophene rings is 1. The molecule has 0 unspecified atom stereocenters. The highest BCUT2D eigenvalue weighted by Crippen LogP contribution is 2.28. The highest BCUT2D eigenvalue weighted by molar-refractivity contribution is 7.12. The predicted octanol–water partition coefficient (Wildman–Crippen LogP) is 2.59. The van der Waals surface area contributed by atoms with Crippen molar-refractivity contribution in [2.45, 2.75) is 0 Å². The molecule has 0 aliphatic heterocycles. The Labute approximate surface area is 125 Å². The summed E-state index contributed by atoms with van der Waals surface area (Å²) in [7, 11) is 1.56. The quantitative estimate of drug-likeness (QED) is 0.804. The van der Waals surface area contributed by atoms with Crippen molar-refractivity contribution in [3.05, 3.63) is 53.2 Å². The second kappa shape index (κ2) is 5.76. The van der Waals surface area contributed by atoms with Crippen LogP contribution in [0.4, 0.5) is 5.69 Å². The topological polar surface area (TPSA) is 69.0 Å². The zero-order chi connectivity index (χ0) is 14.7. The van der Waals surface area contributed by atoms with Crippen LogP contribution in [-0.2, 0) is 0 Å². The zero-order valence-electron chi connectivity index (χ0n) is 11.2. The molecule has 0 aliphatic carbocycles. The molecular weight excluding hydrogens is 288 g/mol. The molecule has 1 aromatic carbocycles. The maximum absolute atomic E-state index is 12.1. The largest absolute Gasteiger partial charge is 0.494 e. The van der Waals surface area contributed by atoms with Gasteiger partial charge in [0.15, 0.2) is 0 Å².